The zero-order valence-electron chi connectivity index (χ0n) is 13.9. The lowest BCUT2D eigenvalue weighted by molar-refractivity contribution is 0.203. The number of nitrogens with zero attached hydrogens (tertiary/aromatic N) is 1. The Labute approximate surface area is 138 Å². The van der Waals surface area contributed by atoms with Crippen LogP contribution in [-0.2, 0) is 11.3 Å². The van der Waals surface area contributed by atoms with E-state index < -0.39 is 0 Å². The molecule has 1 N–H and O–H groups in total. The van der Waals surface area contributed by atoms with E-state index >= 15 is 0 Å². The largest absolute Gasteiger partial charge is 0.383 e. The maximum absolute atomic E-state index is 5.24. The molecule has 0 spiro atoms. The summed E-state index contributed by atoms with van der Waals surface area (Å²) < 4.78 is 6.41. The topological polar surface area (TPSA) is 24.5 Å². The molecule has 120 valence electrons. The molecule has 0 aliphatic heterocycles. The van der Waals surface area contributed by atoms with Gasteiger partial charge in [-0.15, -0.1) is 0 Å². The summed E-state index contributed by atoms with van der Waals surface area (Å²) >= 11 is 3.71. The molecule has 0 fully saturated rings. The highest BCUT2D eigenvalue weighted by Crippen LogP contribution is 2.26. The van der Waals surface area contributed by atoms with Gasteiger partial charge in [-0.25, -0.2) is 0 Å². The van der Waals surface area contributed by atoms with Crippen LogP contribution >= 0.6 is 15.9 Å². The van der Waals surface area contributed by atoms with Crippen molar-refractivity contribution >= 4 is 21.6 Å². The Hall–Kier alpha value is -0.580. The molecule has 1 aromatic carbocycles. The van der Waals surface area contributed by atoms with Gasteiger partial charge < -0.3 is 15.0 Å². The first-order valence-corrected chi connectivity index (χ1v) is 8.56. The third-order valence-electron chi connectivity index (χ3n) is 3.73. The summed E-state index contributed by atoms with van der Waals surface area (Å²) in [6, 6.07) is 7.64. The molecule has 0 aliphatic rings. The molecule has 1 rings (SSSR count). The van der Waals surface area contributed by atoms with Crippen molar-refractivity contribution < 1.29 is 4.74 Å². The molecule has 0 amide bonds. The van der Waals surface area contributed by atoms with Gasteiger partial charge in [0.1, 0.15) is 0 Å². The molecule has 1 atom stereocenters. The first kappa shape index (κ1) is 18.5. The lowest BCUT2D eigenvalue weighted by Gasteiger charge is -2.31. The zero-order chi connectivity index (χ0) is 15.8. The summed E-state index contributed by atoms with van der Waals surface area (Å²) in [6.07, 6.45) is 1.12. The molecule has 3 nitrogen and oxygen atoms in total. The molecule has 21 heavy (non-hydrogen) atoms. The minimum Gasteiger partial charge on any atom is -0.383 e. The van der Waals surface area contributed by atoms with Crippen molar-refractivity contribution in [2.24, 2.45) is 0 Å². The summed E-state index contributed by atoms with van der Waals surface area (Å²) in [7, 11) is 1.76. The smallest absolute Gasteiger partial charge is 0.0637 e. The predicted molar refractivity (Wildman–Crippen MR) is 95.1 cm³/mol. The van der Waals surface area contributed by atoms with E-state index in [-0.39, 0.29) is 0 Å². The van der Waals surface area contributed by atoms with E-state index in [2.05, 4.69) is 72.0 Å². The van der Waals surface area contributed by atoms with Gasteiger partial charge in [-0.2, -0.15) is 0 Å². The molecule has 0 saturated carbocycles. The number of ether oxygens (including phenoxy) is 1. The molecule has 0 saturated heterocycles. The van der Waals surface area contributed by atoms with Crippen LogP contribution in [0.3, 0.4) is 0 Å². The van der Waals surface area contributed by atoms with Gasteiger partial charge in [0.05, 0.1) is 6.61 Å². The van der Waals surface area contributed by atoms with Gasteiger partial charge in [-0.1, -0.05) is 42.8 Å². The normalized spacial score (nSPS) is 12.7. The minimum absolute atomic E-state index is 0.495. The van der Waals surface area contributed by atoms with Crippen molar-refractivity contribution in [3.05, 3.63) is 28.2 Å². The van der Waals surface area contributed by atoms with Crippen LogP contribution in [0.25, 0.3) is 0 Å². The second-order valence-electron chi connectivity index (χ2n) is 5.75. The molecule has 0 bridgehead atoms. The van der Waals surface area contributed by atoms with Crippen LogP contribution in [0, 0.1) is 0 Å². The van der Waals surface area contributed by atoms with Crippen LogP contribution in [0.1, 0.15) is 39.7 Å². The second-order valence-corrected chi connectivity index (χ2v) is 6.61. The van der Waals surface area contributed by atoms with Crippen LogP contribution in [0.5, 0.6) is 0 Å². The Balaban J connectivity index is 2.87. The van der Waals surface area contributed by atoms with E-state index in [4.69, 9.17) is 4.74 Å². The summed E-state index contributed by atoms with van der Waals surface area (Å²) in [5, 5.41) is 3.46. The monoisotopic (exact) mass is 356 g/mol. The number of benzene rings is 1. The van der Waals surface area contributed by atoms with Gasteiger partial charge in [0.25, 0.3) is 0 Å². The van der Waals surface area contributed by atoms with Crippen molar-refractivity contribution in [2.75, 3.05) is 25.2 Å². The third-order valence-corrected chi connectivity index (χ3v) is 4.47. The number of anilines is 1. The molecular weight excluding hydrogens is 328 g/mol. The number of hydrogen-bond donors (Lipinski definition) is 1. The van der Waals surface area contributed by atoms with Gasteiger partial charge in [0.2, 0.25) is 0 Å². The lowest BCUT2D eigenvalue weighted by atomic mass is 10.1. The number of hydrogen-bond acceptors (Lipinski definition) is 3. The fourth-order valence-electron chi connectivity index (χ4n) is 2.19. The highest BCUT2D eigenvalue weighted by Gasteiger charge is 2.14. The number of halogens is 1. The number of nitrogens with one attached hydrogen (secondary N) is 1. The fourth-order valence-corrected chi connectivity index (χ4v) is 2.69. The van der Waals surface area contributed by atoms with E-state index in [1.165, 1.54) is 15.7 Å². The molecule has 0 heterocycles. The Kier molecular flexibility index (Phi) is 8.30. The zero-order valence-corrected chi connectivity index (χ0v) is 15.5. The summed E-state index contributed by atoms with van der Waals surface area (Å²) in [5.41, 5.74) is 2.55. The Morgan fingerprint density at radius 3 is 2.52 bits per heavy atom. The van der Waals surface area contributed by atoms with Gasteiger partial charge >= 0.3 is 0 Å². The molecular formula is C17H29BrN2O. The predicted octanol–water partition coefficient (Wildman–Crippen LogP) is 4.20. The molecule has 0 aliphatic carbocycles. The molecule has 0 radical (unpaired) electrons. The average Bonchev–Trinajstić information content (AvgIpc) is 2.46. The average molecular weight is 357 g/mol. The Bertz CT molecular complexity index is 423. The molecule has 1 unspecified atom stereocenters. The lowest BCUT2D eigenvalue weighted by Crippen LogP contribution is -2.35. The van der Waals surface area contributed by atoms with Crippen LogP contribution in [0.4, 0.5) is 5.69 Å². The van der Waals surface area contributed by atoms with Gasteiger partial charge in [-0.05, 0) is 31.0 Å². The SMILES string of the molecule is CCC(C)N(CCOC)c1ccc(CNC(C)C)c(Br)c1. The third kappa shape index (κ3) is 5.97. The first-order valence-electron chi connectivity index (χ1n) is 7.77. The van der Waals surface area contributed by atoms with E-state index in [0.29, 0.717) is 12.1 Å². The number of rotatable bonds is 9. The summed E-state index contributed by atoms with van der Waals surface area (Å²) in [5.74, 6) is 0. The van der Waals surface area contributed by atoms with Gasteiger partial charge in [0.15, 0.2) is 0 Å². The van der Waals surface area contributed by atoms with Crippen LogP contribution in [0.15, 0.2) is 22.7 Å². The highest BCUT2D eigenvalue weighted by molar-refractivity contribution is 9.10. The van der Waals surface area contributed by atoms with Crippen molar-refractivity contribution in [3.63, 3.8) is 0 Å². The van der Waals surface area contributed by atoms with Gasteiger partial charge in [0, 0.05) is 42.4 Å². The van der Waals surface area contributed by atoms with E-state index in [9.17, 15) is 0 Å². The summed E-state index contributed by atoms with van der Waals surface area (Å²) in [4.78, 5) is 2.41. The van der Waals surface area contributed by atoms with Crippen molar-refractivity contribution in [1.29, 1.82) is 0 Å². The minimum atomic E-state index is 0.495. The Morgan fingerprint density at radius 1 is 1.29 bits per heavy atom. The van der Waals surface area contributed by atoms with Crippen LogP contribution < -0.4 is 10.2 Å². The maximum atomic E-state index is 5.24. The molecule has 1 aromatic rings. The van der Waals surface area contributed by atoms with Crippen LogP contribution in [-0.4, -0.2) is 32.3 Å². The molecule has 0 aromatic heterocycles. The van der Waals surface area contributed by atoms with E-state index in [1.54, 1.807) is 7.11 Å². The number of methoxy groups -OCH3 is 1. The quantitative estimate of drug-likeness (QED) is 0.717. The standard InChI is InChI=1S/C17H29BrN2O/c1-6-14(4)20(9-10-21-5)16-8-7-15(17(18)11-16)12-19-13(2)3/h7-8,11,13-14,19H,6,9-10,12H2,1-5H3. The van der Waals surface area contributed by atoms with E-state index in [0.717, 1.165) is 26.1 Å². The highest BCUT2D eigenvalue weighted by atomic mass is 79.9. The van der Waals surface area contributed by atoms with E-state index in [1.807, 2.05) is 0 Å². The van der Waals surface area contributed by atoms with Crippen molar-refractivity contribution in [1.82, 2.24) is 5.32 Å². The Morgan fingerprint density at radius 2 is 2.00 bits per heavy atom. The second kappa shape index (κ2) is 9.44. The fraction of sp³-hybridized carbons (Fsp3) is 0.647. The van der Waals surface area contributed by atoms with Crippen molar-refractivity contribution in [3.8, 4) is 0 Å². The summed E-state index contributed by atoms with van der Waals surface area (Å²) in [6.45, 7) is 11.4. The van der Waals surface area contributed by atoms with Crippen LogP contribution in [0.2, 0.25) is 0 Å². The van der Waals surface area contributed by atoms with Gasteiger partial charge in [-0.3, -0.25) is 0 Å². The van der Waals surface area contributed by atoms with Crippen molar-refractivity contribution in [2.45, 2.75) is 52.7 Å². The maximum Gasteiger partial charge on any atom is 0.0637 e. The molecule has 4 heteroatoms. The first-order chi connectivity index (χ1) is 9.99.